The summed E-state index contributed by atoms with van der Waals surface area (Å²) in [4.78, 5) is 50.2. The fraction of sp³-hybridized carbons (Fsp3) is 0.583. The second-order valence-corrected chi connectivity index (χ2v) is 9.99. The number of rotatable bonds is 2. The van der Waals surface area contributed by atoms with Gasteiger partial charge in [-0.2, -0.15) is 0 Å². The van der Waals surface area contributed by atoms with Crippen LogP contribution in [0.2, 0.25) is 0 Å². The van der Waals surface area contributed by atoms with Crippen LogP contribution in [0.5, 0.6) is 0 Å². The molecule has 0 unspecified atom stereocenters. The van der Waals surface area contributed by atoms with Gasteiger partial charge in [-0.25, -0.2) is 0 Å². The number of ketones is 1. The molecule has 0 aromatic carbocycles. The Balaban J connectivity index is 2.42. The predicted octanol–water partition coefficient (Wildman–Crippen LogP) is 1.39. The van der Waals surface area contributed by atoms with Gasteiger partial charge in [-0.1, -0.05) is 31.7 Å². The van der Waals surface area contributed by atoms with Gasteiger partial charge in [-0.3, -0.25) is 19.2 Å². The summed E-state index contributed by atoms with van der Waals surface area (Å²) in [6.07, 6.45) is 1.27. The minimum atomic E-state index is -2.28. The van der Waals surface area contributed by atoms with Crippen LogP contribution in [0.15, 0.2) is 36.5 Å². The van der Waals surface area contributed by atoms with Crippen LogP contribution >= 0.6 is 11.6 Å². The molecule has 1 fully saturated rings. The Morgan fingerprint density at radius 1 is 1.18 bits per heavy atom. The summed E-state index contributed by atoms with van der Waals surface area (Å²) in [6.45, 7) is 10.4. The summed E-state index contributed by atoms with van der Waals surface area (Å²) in [6, 6.07) is 0. The number of fused-ring (bicyclic) bond motifs is 2. The number of alkyl halides is 1. The molecule has 0 bridgehead atoms. The van der Waals surface area contributed by atoms with E-state index in [9.17, 15) is 29.4 Å². The Kier molecular flexibility index (Phi) is 6.62. The molecule has 9 nitrogen and oxygen atoms in total. The van der Waals surface area contributed by atoms with Crippen molar-refractivity contribution in [1.82, 2.24) is 0 Å². The summed E-state index contributed by atoms with van der Waals surface area (Å²) in [7, 11) is 0. The fourth-order valence-electron chi connectivity index (χ4n) is 5.30. The van der Waals surface area contributed by atoms with Crippen molar-refractivity contribution < 1.29 is 43.6 Å². The molecule has 0 saturated carbocycles. The number of halogens is 1. The number of aliphatic hydroxyl groups is 2. The van der Waals surface area contributed by atoms with Crippen molar-refractivity contribution in [2.24, 2.45) is 17.3 Å². The molecule has 0 radical (unpaired) electrons. The average molecular weight is 497 g/mol. The highest BCUT2D eigenvalue weighted by molar-refractivity contribution is 6.23. The highest BCUT2D eigenvalue weighted by Crippen LogP contribution is 2.54. The normalized spacial score (nSPS) is 44.1. The van der Waals surface area contributed by atoms with Gasteiger partial charge in [-0.15, -0.1) is 11.6 Å². The van der Waals surface area contributed by atoms with Crippen molar-refractivity contribution >= 4 is 35.3 Å². The Hall–Kier alpha value is -2.49. The molecule has 0 aromatic heterocycles. The summed E-state index contributed by atoms with van der Waals surface area (Å²) in [5.41, 5.74) is -5.37. The predicted molar refractivity (Wildman–Crippen MR) is 119 cm³/mol. The maximum Gasteiger partial charge on any atom is 0.312 e. The SMILES string of the molecule is C=C1[C@@H](O)C=C[C@@]2(C)C=CC(=O)[C@@](C)(OC(C)=O)[C@@H]2[C@H](OC(C)=O)[C@]2(O)[C@@H](C)C(=O)O[C@H]2[C@H]1Cl. The first-order valence-corrected chi connectivity index (χ1v) is 11.3. The smallest absolute Gasteiger partial charge is 0.312 e. The van der Waals surface area contributed by atoms with Crippen LogP contribution in [0.4, 0.5) is 0 Å². The van der Waals surface area contributed by atoms with Gasteiger partial charge in [0.2, 0.25) is 0 Å². The van der Waals surface area contributed by atoms with Gasteiger partial charge in [0, 0.05) is 19.3 Å². The van der Waals surface area contributed by atoms with E-state index in [1.54, 1.807) is 13.0 Å². The first kappa shape index (κ1) is 26.1. The Morgan fingerprint density at radius 3 is 2.35 bits per heavy atom. The quantitative estimate of drug-likeness (QED) is 0.251. The first-order chi connectivity index (χ1) is 15.6. The average Bonchev–Trinajstić information content (AvgIpc) is 2.97. The molecule has 1 saturated heterocycles. The number of hydrogen-bond donors (Lipinski definition) is 2. The molecule has 3 rings (SSSR count). The second-order valence-electron chi connectivity index (χ2n) is 9.52. The minimum Gasteiger partial charge on any atom is -0.459 e. The number of allylic oxidation sites excluding steroid dienone is 2. The van der Waals surface area contributed by atoms with E-state index in [1.807, 2.05) is 0 Å². The number of carbonyl (C=O) groups excluding carboxylic acids is 4. The van der Waals surface area contributed by atoms with Gasteiger partial charge in [0.1, 0.15) is 6.10 Å². The lowest BCUT2D eigenvalue weighted by atomic mass is 9.56. The van der Waals surface area contributed by atoms with E-state index in [-0.39, 0.29) is 5.57 Å². The Labute approximate surface area is 202 Å². The summed E-state index contributed by atoms with van der Waals surface area (Å²) in [5, 5.41) is 21.5. The number of carbonyl (C=O) groups is 4. The Morgan fingerprint density at radius 2 is 1.79 bits per heavy atom. The van der Waals surface area contributed by atoms with Crippen molar-refractivity contribution in [3.63, 3.8) is 0 Å². The summed E-state index contributed by atoms with van der Waals surface area (Å²) < 4.78 is 16.6. The fourth-order valence-corrected chi connectivity index (χ4v) is 5.69. The lowest BCUT2D eigenvalue weighted by Crippen LogP contribution is -2.68. The van der Waals surface area contributed by atoms with Crippen molar-refractivity contribution in [3.05, 3.63) is 36.5 Å². The van der Waals surface area contributed by atoms with E-state index in [0.29, 0.717) is 0 Å². The molecule has 0 aromatic rings. The molecule has 10 heteroatoms. The van der Waals surface area contributed by atoms with Crippen molar-refractivity contribution in [2.75, 3.05) is 0 Å². The van der Waals surface area contributed by atoms with Crippen LogP contribution in [-0.2, 0) is 33.4 Å². The van der Waals surface area contributed by atoms with Crippen LogP contribution in [0.25, 0.3) is 0 Å². The van der Waals surface area contributed by atoms with E-state index in [2.05, 4.69) is 6.58 Å². The van der Waals surface area contributed by atoms with Crippen molar-refractivity contribution in [3.8, 4) is 0 Å². The third-order valence-electron chi connectivity index (χ3n) is 7.14. The van der Waals surface area contributed by atoms with E-state index in [0.717, 1.165) is 13.8 Å². The zero-order valence-electron chi connectivity index (χ0n) is 19.6. The Bertz CT molecular complexity index is 1000. The van der Waals surface area contributed by atoms with Crippen LogP contribution in [-0.4, -0.2) is 68.8 Å². The zero-order valence-corrected chi connectivity index (χ0v) is 20.4. The van der Waals surface area contributed by atoms with Crippen molar-refractivity contribution in [1.29, 1.82) is 0 Å². The van der Waals surface area contributed by atoms with Gasteiger partial charge < -0.3 is 24.4 Å². The molecule has 3 aliphatic rings. The lowest BCUT2D eigenvalue weighted by molar-refractivity contribution is -0.220. The van der Waals surface area contributed by atoms with E-state index in [4.69, 9.17) is 25.8 Å². The van der Waals surface area contributed by atoms with Gasteiger partial charge in [0.05, 0.1) is 23.3 Å². The van der Waals surface area contributed by atoms with E-state index >= 15 is 0 Å². The molecule has 9 atom stereocenters. The molecule has 186 valence electrons. The molecular formula is C24H29ClO9. The second kappa shape index (κ2) is 8.62. The van der Waals surface area contributed by atoms with Gasteiger partial charge in [-0.05, 0) is 25.5 Å². The number of aliphatic hydroxyl groups excluding tert-OH is 1. The minimum absolute atomic E-state index is 0.0467. The number of ether oxygens (including phenoxy) is 3. The van der Waals surface area contributed by atoms with Crippen LogP contribution in [0, 0.1) is 17.3 Å². The third kappa shape index (κ3) is 3.89. The molecule has 2 N–H and O–H groups in total. The zero-order chi connectivity index (χ0) is 25.8. The lowest BCUT2D eigenvalue weighted by Gasteiger charge is -2.53. The summed E-state index contributed by atoms with van der Waals surface area (Å²) in [5.74, 6) is -5.53. The molecule has 0 amide bonds. The summed E-state index contributed by atoms with van der Waals surface area (Å²) >= 11 is 6.54. The molecule has 1 heterocycles. The molecule has 2 aliphatic carbocycles. The van der Waals surface area contributed by atoms with Gasteiger partial charge >= 0.3 is 17.9 Å². The molecule has 34 heavy (non-hydrogen) atoms. The highest BCUT2D eigenvalue weighted by atomic mass is 35.5. The number of esters is 3. The van der Waals surface area contributed by atoms with Crippen molar-refractivity contribution in [2.45, 2.75) is 69.5 Å². The standard InChI is InChI=1S/C24H29ClO9/c1-11-15(28)7-9-22(5)10-8-16(29)23(6,34-14(4)27)18(22)20(32-13(3)26)24(31)12(2)21(30)33-19(24)17(11)25/h7-10,12,15,17-20,28,31H,1H2,2-6H3/t12-,15-,17-,18+,19-,20-,22-,23+,24-/m0/s1. The topological polar surface area (TPSA) is 136 Å². The third-order valence-corrected chi connectivity index (χ3v) is 7.65. The largest absolute Gasteiger partial charge is 0.459 e. The van der Waals surface area contributed by atoms with Gasteiger partial charge in [0.25, 0.3) is 0 Å². The maximum absolute atomic E-state index is 13.2. The van der Waals surface area contributed by atoms with E-state index < -0.39 is 75.8 Å². The highest BCUT2D eigenvalue weighted by Gasteiger charge is 2.70. The molecular weight excluding hydrogens is 468 g/mol. The van der Waals surface area contributed by atoms with Gasteiger partial charge in [0.15, 0.2) is 23.1 Å². The first-order valence-electron chi connectivity index (χ1n) is 10.8. The van der Waals surface area contributed by atoms with E-state index in [1.165, 1.54) is 32.1 Å². The van der Waals surface area contributed by atoms with Crippen LogP contribution in [0.3, 0.4) is 0 Å². The van der Waals surface area contributed by atoms with Crippen LogP contribution < -0.4 is 0 Å². The van der Waals surface area contributed by atoms with Crippen LogP contribution in [0.1, 0.15) is 34.6 Å². The monoisotopic (exact) mass is 496 g/mol. The maximum atomic E-state index is 13.2. The molecule has 1 aliphatic heterocycles. The molecule has 0 spiro atoms. The number of hydrogen-bond acceptors (Lipinski definition) is 9.